The van der Waals surface area contributed by atoms with Gasteiger partial charge < -0.3 is 9.64 Å². The number of nitrogens with one attached hydrogen (secondary N) is 1. The van der Waals surface area contributed by atoms with Gasteiger partial charge in [0.15, 0.2) is 0 Å². The third-order valence-electron chi connectivity index (χ3n) is 3.08. The highest BCUT2D eigenvalue weighted by molar-refractivity contribution is 5.41. The van der Waals surface area contributed by atoms with Crippen molar-refractivity contribution in [1.82, 2.24) is 10.2 Å². The second-order valence-electron chi connectivity index (χ2n) is 4.79. The normalized spacial score (nSPS) is 15.0. The van der Waals surface area contributed by atoms with Gasteiger partial charge in [0, 0.05) is 19.5 Å². The summed E-state index contributed by atoms with van der Waals surface area (Å²) in [5, 5.41) is 12.5. The molecule has 1 heterocycles. The van der Waals surface area contributed by atoms with E-state index in [9.17, 15) is 5.26 Å². The molecule has 0 radical (unpaired) electrons. The van der Waals surface area contributed by atoms with Gasteiger partial charge in [-0.15, -0.1) is 0 Å². The zero-order chi connectivity index (χ0) is 13.0. The molecule has 4 nitrogen and oxygen atoms in total. The molecular weight excluding hydrogens is 226 g/mol. The molecule has 1 atom stereocenters. The molecule has 1 aromatic carbocycles. The minimum absolute atomic E-state index is 0.240. The van der Waals surface area contributed by atoms with Gasteiger partial charge in [-0.3, -0.25) is 5.32 Å². The van der Waals surface area contributed by atoms with Crippen LogP contribution in [0.1, 0.15) is 17.2 Å². The number of nitrogens with zero attached hydrogens (tertiary/aromatic N) is 2. The van der Waals surface area contributed by atoms with Crippen LogP contribution in [0.2, 0.25) is 0 Å². The smallest absolute Gasteiger partial charge is 0.122 e. The van der Waals surface area contributed by atoms with Gasteiger partial charge in [-0.25, -0.2) is 0 Å². The Morgan fingerprint density at radius 3 is 3.06 bits per heavy atom. The predicted octanol–water partition coefficient (Wildman–Crippen LogP) is 1.34. The number of nitriles is 1. The van der Waals surface area contributed by atoms with Crippen molar-refractivity contribution in [3.63, 3.8) is 0 Å². The topological polar surface area (TPSA) is 48.3 Å². The van der Waals surface area contributed by atoms with Crippen LogP contribution in [-0.4, -0.2) is 38.7 Å². The molecule has 0 aromatic heterocycles. The monoisotopic (exact) mass is 245 g/mol. The zero-order valence-corrected chi connectivity index (χ0v) is 10.9. The van der Waals surface area contributed by atoms with E-state index >= 15 is 0 Å². The molecule has 1 aromatic rings. The van der Waals surface area contributed by atoms with E-state index in [1.807, 2.05) is 26.2 Å². The maximum absolute atomic E-state index is 9.24. The second kappa shape index (κ2) is 5.85. The van der Waals surface area contributed by atoms with Crippen LogP contribution in [-0.2, 0) is 6.42 Å². The lowest BCUT2D eigenvalue weighted by atomic mass is 10.0. The van der Waals surface area contributed by atoms with Gasteiger partial charge in [-0.05, 0) is 37.4 Å². The summed E-state index contributed by atoms with van der Waals surface area (Å²) in [6, 6.07) is 8.10. The lowest BCUT2D eigenvalue weighted by molar-refractivity contribution is 0.356. The van der Waals surface area contributed by atoms with Gasteiger partial charge in [-0.2, -0.15) is 5.26 Å². The number of ether oxygens (including phenoxy) is 1. The minimum Gasteiger partial charge on any atom is -0.493 e. The van der Waals surface area contributed by atoms with E-state index in [4.69, 9.17) is 4.74 Å². The van der Waals surface area contributed by atoms with Crippen LogP contribution in [0.15, 0.2) is 18.2 Å². The molecule has 1 aliphatic rings. The fourth-order valence-electron chi connectivity index (χ4n) is 2.06. The number of hydrogen-bond acceptors (Lipinski definition) is 4. The molecule has 1 aliphatic heterocycles. The van der Waals surface area contributed by atoms with Crippen molar-refractivity contribution >= 4 is 0 Å². The first-order valence-corrected chi connectivity index (χ1v) is 6.24. The molecule has 96 valence electrons. The van der Waals surface area contributed by atoms with Crippen LogP contribution < -0.4 is 10.1 Å². The van der Waals surface area contributed by atoms with E-state index < -0.39 is 0 Å². The van der Waals surface area contributed by atoms with Gasteiger partial charge >= 0.3 is 0 Å². The van der Waals surface area contributed by atoms with Gasteiger partial charge in [0.2, 0.25) is 0 Å². The summed E-state index contributed by atoms with van der Waals surface area (Å²) in [7, 11) is 4.05. The van der Waals surface area contributed by atoms with Crippen molar-refractivity contribution in [2.75, 3.05) is 33.8 Å². The molecule has 0 amide bonds. The average Bonchev–Trinajstić information content (AvgIpc) is 2.81. The molecular formula is C14H19N3O. The minimum atomic E-state index is -0.240. The Kier molecular flexibility index (Phi) is 4.19. The van der Waals surface area contributed by atoms with Gasteiger partial charge in [0.1, 0.15) is 11.8 Å². The fourth-order valence-corrected chi connectivity index (χ4v) is 2.06. The fraction of sp³-hybridized carbons (Fsp3) is 0.500. The quantitative estimate of drug-likeness (QED) is 0.850. The molecule has 1 unspecified atom stereocenters. The summed E-state index contributed by atoms with van der Waals surface area (Å²) >= 11 is 0. The van der Waals surface area contributed by atoms with E-state index in [1.54, 1.807) is 0 Å². The van der Waals surface area contributed by atoms with E-state index in [1.165, 1.54) is 5.56 Å². The number of fused-ring (bicyclic) bond motifs is 1. The van der Waals surface area contributed by atoms with Crippen LogP contribution in [0.25, 0.3) is 0 Å². The molecule has 0 saturated heterocycles. The molecule has 0 spiro atoms. The standard InChI is InChI=1S/C14H19N3O/c1-17(2)7-6-16-13(10-15)11-3-4-14-12(9-11)5-8-18-14/h3-4,9,13,16H,5-8H2,1-2H3. The van der Waals surface area contributed by atoms with Gasteiger partial charge in [-0.1, -0.05) is 6.07 Å². The van der Waals surface area contributed by atoms with Crippen LogP contribution in [0.4, 0.5) is 0 Å². The Morgan fingerprint density at radius 2 is 2.33 bits per heavy atom. The molecule has 0 bridgehead atoms. The highest BCUT2D eigenvalue weighted by Crippen LogP contribution is 2.27. The Morgan fingerprint density at radius 1 is 1.50 bits per heavy atom. The van der Waals surface area contributed by atoms with Gasteiger partial charge in [0.25, 0.3) is 0 Å². The first-order chi connectivity index (χ1) is 8.70. The lowest BCUT2D eigenvalue weighted by Gasteiger charge is -2.15. The molecule has 0 aliphatic carbocycles. The number of benzene rings is 1. The summed E-state index contributed by atoms with van der Waals surface area (Å²) in [6.45, 7) is 2.48. The Hall–Kier alpha value is -1.57. The van der Waals surface area contributed by atoms with Crippen molar-refractivity contribution in [3.8, 4) is 11.8 Å². The van der Waals surface area contributed by atoms with Crippen molar-refractivity contribution < 1.29 is 4.74 Å². The summed E-state index contributed by atoms with van der Waals surface area (Å²) in [4.78, 5) is 2.10. The van der Waals surface area contributed by atoms with Crippen LogP contribution in [0.3, 0.4) is 0 Å². The van der Waals surface area contributed by atoms with Crippen molar-refractivity contribution in [2.24, 2.45) is 0 Å². The Labute approximate surface area is 108 Å². The van der Waals surface area contributed by atoms with E-state index in [0.29, 0.717) is 0 Å². The van der Waals surface area contributed by atoms with Crippen molar-refractivity contribution in [3.05, 3.63) is 29.3 Å². The van der Waals surface area contributed by atoms with Crippen molar-refractivity contribution in [1.29, 1.82) is 5.26 Å². The lowest BCUT2D eigenvalue weighted by Crippen LogP contribution is -2.29. The van der Waals surface area contributed by atoms with E-state index in [-0.39, 0.29) is 6.04 Å². The molecule has 1 N–H and O–H groups in total. The maximum atomic E-state index is 9.24. The van der Waals surface area contributed by atoms with Gasteiger partial charge in [0.05, 0.1) is 12.7 Å². The predicted molar refractivity (Wildman–Crippen MR) is 70.6 cm³/mol. The Bertz CT molecular complexity index is 451. The van der Waals surface area contributed by atoms with Crippen LogP contribution in [0.5, 0.6) is 5.75 Å². The van der Waals surface area contributed by atoms with E-state index in [2.05, 4.69) is 22.4 Å². The summed E-state index contributed by atoms with van der Waals surface area (Å²) in [6.07, 6.45) is 0.943. The van der Waals surface area contributed by atoms with Crippen LogP contribution in [0, 0.1) is 11.3 Å². The Balaban J connectivity index is 2.02. The molecule has 0 fully saturated rings. The molecule has 4 heteroatoms. The van der Waals surface area contributed by atoms with Crippen LogP contribution >= 0.6 is 0 Å². The summed E-state index contributed by atoms with van der Waals surface area (Å²) in [5.74, 6) is 0.962. The molecule has 0 saturated carbocycles. The average molecular weight is 245 g/mol. The second-order valence-corrected chi connectivity index (χ2v) is 4.79. The first kappa shape index (κ1) is 12.9. The zero-order valence-electron chi connectivity index (χ0n) is 10.9. The third-order valence-corrected chi connectivity index (χ3v) is 3.08. The van der Waals surface area contributed by atoms with Crippen molar-refractivity contribution in [2.45, 2.75) is 12.5 Å². The maximum Gasteiger partial charge on any atom is 0.122 e. The van der Waals surface area contributed by atoms with E-state index in [0.717, 1.165) is 37.4 Å². The highest BCUT2D eigenvalue weighted by atomic mass is 16.5. The number of hydrogen-bond donors (Lipinski definition) is 1. The molecule has 2 rings (SSSR count). The summed E-state index contributed by atoms with van der Waals surface area (Å²) in [5.41, 5.74) is 2.24. The molecule has 18 heavy (non-hydrogen) atoms. The first-order valence-electron chi connectivity index (χ1n) is 6.24. The number of rotatable bonds is 5. The summed E-state index contributed by atoms with van der Waals surface area (Å²) < 4.78 is 5.47. The third kappa shape index (κ3) is 3.00. The number of likely N-dealkylation sites (N-methyl/N-ethyl adjacent to an activating group) is 1. The SMILES string of the molecule is CN(C)CCNC(C#N)c1ccc2c(c1)CCO2. The highest BCUT2D eigenvalue weighted by Gasteiger charge is 2.16. The largest absolute Gasteiger partial charge is 0.493 e.